The summed E-state index contributed by atoms with van der Waals surface area (Å²) in [4.78, 5) is 21.3. The van der Waals surface area contributed by atoms with Crippen LogP contribution in [0.5, 0.6) is 5.75 Å². The SMILES string of the molecule is C[C@H](SCCOc1ccc(Br)cc1)c1nc2scc(-c3ccccc3)c2c(=O)[nH]1. The summed E-state index contributed by atoms with van der Waals surface area (Å²) in [5.74, 6) is 2.36. The van der Waals surface area contributed by atoms with Gasteiger partial charge in [-0.1, -0.05) is 46.3 Å². The van der Waals surface area contributed by atoms with Crippen LogP contribution in [0.25, 0.3) is 21.3 Å². The lowest BCUT2D eigenvalue weighted by Crippen LogP contribution is -2.13. The maximum atomic E-state index is 12.8. The summed E-state index contributed by atoms with van der Waals surface area (Å²) in [6, 6.07) is 17.7. The fraction of sp³-hybridized carbons (Fsp3) is 0.182. The molecule has 1 N–H and O–H groups in total. The zero-order chi connectivity index (χ0) is 20.2. The average Bonchev–Trinajstić information content (AvgIpc) is 3.18. The number of ether oxygens (including phenoxy) is 1. The molecule has 0 saturated carbocycles. The van der Waals surface area contributed by atoms with Crippen molar-refractivity contribution in [2.24, 2.45) is 0 Å². The molecule has 4 aromatic rings. The van der Waals surface area contributed by atoms with Crippen molar-refractivity contribution >= 4 is 49.2 Å². The molecule has 0 aliphatic carbocycles. The summed E-state index contributed by atoms with van der Waals surface area (Å²) in [5.41, 5.74) is 1.89. The molecular formula is C22H19BrN2O2S2. The first-order chi connectivity index (χ1) is 14.1. The van der Waals surface area contributed by atoms with E-state index in [2.05, 4.69) is 27.8 Å². The van der Waals surface area contributed by atoms with E-state index in [9.17, 15) is 4.79 Å². The van der Waals surface area contributed by atoms with Crippen molar-refractivity contribution < 1.29 is 4.74 Å². The first kappa shape index (κ1) is 20.2. The maximum absolute atomic E-state index is 12.8. The molecule has 148 valence electrons. The highest BCUT2D eigenvalue weighted by atomic mass is 79.9. The van der Waals surface area contributed by atoms with Gasteiger partial charge in [0, 0.05) is 21.2 Å². The molecule has 4 rings (SSSR count). The van der Waals surface area contributed by atoms with Crippen molar-refractivity contribution in [3.05, 3.63) is 80.6 Å². The lowest BCUT2D eigenvalue weighted by atomic mass is 10.1. The van der Waals surface area contributed by atoms with E-state index in [0.717, 1.165) is 31.9 Å². The van der Waals surface area contributed by atoms with Gasteiger partial charge in [-0.2, -0.15) is 0 Å². The summed E-state index contributed by atoms with van der Waals surface area (Å²) < 4.78 is 6.79. The summed E-state index contributed by atoms with van der Waals surface area (Å²) in [6.07, 6.45) is 0. The molecule has 2 aromatic carbocycles. The molecule has 0 unspecified atom stereocenters. The van der Waals surface area contributed by atoms with Crippen molar-refractivity contribution in [2.75, 3.05) is 12.4 Å². The highest BCUT2D eigenvalue weighted by Gasteiger charge is 2.16. The van der Waals surface area contributed by atoms with E-state index >= 15 is 0 Å². The number of aromatic amines is 1. The van der Waals surface area contributed by atoms with Gasteiger partial charge >= 0.3 is 0 Å². The predicted octanol–water partition coefficient (Wildman–Crippen LogP) is 6.29. The van der Waals surface area contributed by atoms with Crippen LogP contribution in [0.15, 0.2) is 69.2 Å². The van der Waals surface area contributed by atoms with Crippen LogP contribution in [0, 0.1) is 0 Å². The average molecular weight is 487 g/mol. The van der Waals surface area contributed by atoms with Gasteiger partial charge in [-0.25, -0.2) is 4.98 Å². The molecule has 0 radical (unpaired) electrons. The van der Waals surface area contributed by atoms with E-state index in [4.69, 9.17) is 9.72 Å². The second-order valence-corrected chi connectivity index (χ2v) is 9.68. The number of hydrogen-bond donors (Lipinski definition) is 1. The van der Waals surface area contributed by atoms with E-state index < -0.39 is 0 Å². The van der Waals surface area contributed by atoms with Crippen molar-refractivity contribution in [3.63, 3.8) is 0 Å². The number of thioether (sulfide) groups is 1. The van der Waals surface area contributed by atoms with Gasteiger partial charge < -0.3 is 9.72 Å². The lowest BCUT2D eigenvalue weighted by molar-refractivity contribution is 0.344. The standard InChI is InChI=1S/C22H19BrN2O2S2/c1-14(28-12-11-27-17-9-7-16(23)8-10-17)20-24-21(26)19-18(13-29-22(19)25-20)15-5-3-2-4-6-15/h2-10,13-14H,11-12H2,1H3,(H,24,25,26)/t14-/m0/s1. The Bertz CT molecular complexity index is 1160. The van der Waals surface area contributed by atoms with Crippen molar-refractivity contribution in [1.29, 1.82) is 0 Å². The molecule has 1 atom stereocenters. The number of benzene rings is 2. The quantitative estimate of drug-likeness (QED) is 0.312. The first-order valence-electron chi connectivity index (χ1n) is 9.18. The largest absolute Gasteiger partial charge is 0.493 e. The van der Waals surface area contributed by atoms with Gasteiger partial charge in [-0.15, -0.1) is 23.1 Å². The second kappa shape index (κ2) is 9.15. The molecule has 0 aliphatic heterocycles. The van der Waals surface area contributed by atoms with Gasteiger partial charge in [-0.3, -0.25) is 4.79 Å². The van der Waals surface area contributed by atoms with E-state index in [-0.39, 0.29) is 10.8 Å². The molecule has 0 bridgehead atoms. The molecule has 0 saturated heterocycles. The van der Waals surface area contributed by atoms with Crippen LogP contribution in [0.4, 0.5) is 0 Å². The Morgan fingerprint density at radius 1 is 1.17 bits per heavy atom. The van der Waals surface area contributed by atoms with Gasteiger partial charge in [-0.05, 0) is 36.8 Å². The Morgan fingerprint density at radius 3 is 2.69 bits per heavy atom. The van der Waals surface area contributed by atoms with Crippen LogP contribution in [0.1, 0.15) is 18.0 Å². The Balaban J connectivity index is 1.43. The Kier molecular flexibility index (Phi) is 6.37. The minimum Gasteiger partial charge on any atom is -0.493 e. The molecular weight excluding hydrogens is 468 g/mol. The van der Waals surface area contributed by atoms with Crippen molar-refractivity contribution in [1.82, 2.24) is 9.97 Å². The number of nitrogens with zero attached hydrogens (tertiary/aromatic N) is 1. The lowest BCUT2D eigenvalue weighted by Gasteiger charge is -2.11. The normalized spacial score (nSPS) is 12.2. The second-order valence-electron chi connectivity index (χ2n) is 6.46. The number of fused-ring (bicyclic) bond motifs is 1. The fourth-order valence-electron chi connectivity index (χ4n) is 2.98. The number of H-pyrrole nitrogens is 1. The number of aromatic nitrogens is 2. The first-order valence-corrected chi connectivity index (χ1v) is 11.9. The summed E-state index contributed by atoms with van der Waals surface area (Å²) in [5, 5.41) is 2.75. The van der Waals surface area contributed by atoms with Crippen LogP contribution >= 0.6 is 39.0 Å². The number of nitrogens with one attached hydrogen (secondary N) is 1. The van der Waals surface area contributed by atoms with Crippen LogP contribution < -0.4 is 10.3 Å². The number of rotatable bonds is 7. The molecule has 7 heteroatoms. The van der Waals surface area contributed by atoms with Gasteiger partial charge in [0.05, 0.1) is 17.2 Å². The van der Waals surface area contributed by atoms with E-state index in [1.54, 1.807) is 11.8 Å². The van der Waals surface area contributed by atoms with Crippen molar-refractivity contribution in [2.45, 2.75) is 12.2 Å². The third-order valence-corrected chi connectivity index (χ3v) is 6.99. The minimum absolute atomic E-state index is 0.0721. The zero-order valence-corrected chi connectivity index (χ0v) is 18.9. The topological polar surface area (TPSA) is 55.0 Å². The van der Waals surface area contributed by atoms with Gasteiger partial charge in [0.1, 0.15) is 16.4 Å². The van der Waals surface area contributed by atoms with Crippen molar-refractivity contribution in [3.8, 4) is 16.9 Å². The maximum Gasteiger partial charge on any atom is 0.260 e. The van der Waals surface area contributed by atoms with Crippen LogP contribution in [-0.2, 0) is 0 Å². The molecule has 0 fully saturated rings. The van der Waals surface area contributed by atoms with Gasteiger partial charge in [0.15, 0.2) is 0 Å². The summed E-state index contributed by atoms with van der Waals surface area (Å²) in [7, 11) is 0. The van der Waals surface area contributed by atoms with Crippen LogP contribution in [0.3, 0.4) is 0 Å². The summed E-state index contributed by atoms with van der Waals surface area (Å²) >= 11 is 6.64. The molecule has 0 aliphatic rings. The summed E-state index contributed by atoms with van der Waals surface area (Å²) in [6.45, 7) is 2.65. The molecule has 0 amide bonds. The molecule has 2 aromatic heterocycles. The van der Waals surface area contributed by atoms with Gasteiger partial charge in [0.25, 0.3) is 5.56 Å². The van der Waals surface area contributed by atoms with E-state index in [1.165, 1.54) is 11.3 Å². The molecule has 2 heterocycles. The van der Waals surface area contributed by atoms with Gasteiger partial charge in [0.2, 0.25) is 0 Å². The van der Waals surface area contributed by atoms with Crippen LogP contribution in [0.2, 0.25) is 0 Å². The number of halogens is 1. The smallest absolute Gasteiger partial charge is 0.260 e. The minimum atomic E-state index is -0.0799. The molecule has 29 heavy (non-hydrogen) atoms. The van der Waals surface area contributed by atoms with Crippen LogP contribution in [-0.4, -0.2) is 22.3 Å². The Hall–Kier alpha value is -2.09. The monoisotopic (exact) mass is 486 g/mol. The Labute approximate surface area is 185 Å². The highest BCUT2D eigenvalue weighted by molar-refractivity contribution is 9.10. The highest BCUT2D eigenvalue weighted by Crippen LogP contribution is 2.32. The third-order valence-electron chi connectivity index (χ3n) is 4.47. The number of hydrogen-bond acceptors (Lipinski definition) is 5. The molecule has 0 spiro atoms. The van der Waals surface area contributed by atoms with E-state index in [1.807, 2.05) is 60.0 Å². The fourth-order valence-corrected chi connectivity index (χ4v) is 5.00. The van der Waals surface area contributed by atoms with E-state index in [0.29, 0.717) is 17.8 Å². The Morgan fingerprint density at radius 2 is 1.93 bits per heavy atom. The predicted molar refractivity (Wildman–Crippen MR) is 126 cm³/mol. The molecule has 4 nitrogen and oxygen atoms in total. The third kappa shape index (κ3) is 4.74. The zero-order valence-electron chi connectivity index (χ0n) is 15.7. The number of thiophene rings is 1.